The Morgan fingerprint density at radius 2 is 1.36 bits per heavy atom. The average molecular weight is 426 g/mol. The molecule has 1 amide bonds. The number of carbonyl (C=O) groups is 1. The Labute approximate surface area is 165 Å². The van der Waals surface area contributed by atoms with Gasteiger partial charge in [0.2, 0.25) is 5.91 Å². The lowest BCUT2D eigenvalue weighted by Crippen LogP contribution is -2.23. The number of hydrogen-bond donors (Lipinski definition) is 1. The highest BCUT2D eigenvalue weighted by Crippen LogP contribution is 2.16. The second-order valence-corrected chi connectivity index (χ2v) is 10.4. The Balaban J connectivity index is 1.70. The van der Waals surface area contributed by atoms with E-state index >= 15 is 0 Å². The maximum Gasteiger partial charge on any atom is 0.220 e. The zero-order valence-electron chi connectivity index (χ0n) is 15.7. The molecule has 0 aromatic heterocycles. The molecule has 0 saturated heterocycles. The van der Waals surface area contributed by atoms with Crippen LogP contribution < -0.4 is 10.1 Å². The van der Waals surface area contributed by atoms with Crippen LogP contribution in [0.5, 0.6) is 5.75 Å². The summed E-state index contributed by atoms with van der Waals surface area (Å²) in [4.78, 5) is 12.3. The van der Waals surface area contributed by atoms with Gasteiger partial charge in [-0.2, -0.15) is 0 Å². The standard InChI is InChI=1S/C19H23NO6S2/c1-27(22,23)17-9-5-15(6-10-17)14-20-19(21)4-3-13-26-16-7-11-18(12-8-16)28(2,24)25/h5-12H,3-4,13-14H2,1-2H3,(H,20,21). The van der Waals surface area contributed by atoms with E-state index < -0.39 is 19.7 Å². The average Bonchev–Trinajstić information content (AvgIpc) is 2.63. The van der Waals surface area contributed by atoms with Gasteiger partial charge in [-0.1, -0.05) is 12.1 Å². The van der Waals surface area contributed by atoms with Gasteiger partial charge < -0.3 is 10.1 Å². The van der Waals surface area contributed by atoms with Gasteiger partial charge in [0, 0.05) is 25.5 Å². The molecule has 0 saturated carbocycles. The normalized spacial score (nSPS) is 11.8. The summed E-state index contributed by atoms with van der Waals surface area (Å²) in [5.74, 6) is 0.405. The van der Waals surface area contributed by atoms with Crippen LogP contribution in [0.2, 0.25) is 0 Å². The molecule has 0 fully saturated rings. The summed E-state index contributed by atoms with van der Waals surface area (Å²) in [5, 5.41) is 2.77. The zero-order chi connectivity index (χ0) is 20.8. The number of benzene rings is 2. The van der Waals surface area contributed by atoms with Gasteiger partial charge in [0.05, 0.1) is 16.4 Å². The van der Waals surface area contributed by atoms with Crippen LogP contribution in [0.4, 0.5) is 0 Å². The molecule has 0 bridgehead atoms. The molecule has 2 rings (SSSR count). The maximum absolute atomic E-state index is 11.9. The van der Waals surface area contributed by atoms with Gasteiger partial charge in [-0.15, -0.1) is 0 Å². The van der Waals surface area contributed by atoms with E-state index in [1.165, 1.54) is 24.3 Å². The van der Waals surface area contributed by atoms with Crippen LogP contribution >= 0.6 is 0 Å². The summed E-state index contributed by atoms with van der Waals surface area (Å²) >= 11 is 0. The van der Waals surface area contributed by atoms with Crippen LogP contribution in [0.3, 0.4) is 0 Å². The Morgan fingerprint density at radius 1 is 0.857 bits per heavy atom. The molecule has 152 valence electrons. The van der Waals surface area contributed by atoms with Crippen molar-refractivity contribution in [2.75, 3.05) is 19.1 Å². The van der Waals surface area contributed by atoms with Gasteiger partial charge >= 0.3 is 0 Å². The van der Waals surface area contributed by atoms with E-state index in [0.29, 0.717) is 25.3 Å². The van der Waals surface area contributed by atoms with Gasteiger partial charge in [0.15, 0.2) is 19.7 Å². The molecule has 0 atom stereocenters. The molecule has 9 heteroatoms. The first-order valence-corrected chi connectivity index (χ1v) is 12.3. The van der Waals surface area contributed by atoms with Crippen LogP contribution in [0, 0.1) is 0 Å². The van der Waals surface area contributed by atoms with Gasteiger partial charge in [0.1, 0.15) is 5.75 Å². The molecule has 0 aliphatic rings. The molecule has 1 N–H and O–H groups in total. The van der Waals surface area contributed by atoms with E-state index in [2.05, 4.69) is 5.32 Å². The third-order valence-electron chi connectivity index (χ3n) is 3.91. The molecule has 0 aliphatic carbocycles. The van der Waals surface area contributed by atoms with E-state index in [1.54, 1.807) is 24.3 Å². The van der Waals surface area contributed by atoms with E-state index in [9.17, 15) is 21.6 Å². The fourth-order valence-corrected chi connectivity index (χ4v) is 3.61. The van der Waals surface area contributed by atoms with E-state index in [0.717, 1.165) is 18.1 Å². The van der Waals surface area contributed by atoms with Crippen LogP contribution in [0.1, 0.15) is 18.4 Å². The topological polar surface area (TPSA) is 107 Å². The minimum atomic E-state index is -3.23. The number of ether oxygens (including phenoxy) is 1. The summed E-state index contributed by atoms with van der Waals surface area (Å²) in [6.07, 6.45) is 3.07. The Kier molecular flexibility index (Phi) is 7.20. The summed E-state index contributed by atoms with van der Waals surface area (Å²) in [6, 6.07) is 12.5. The molecule has 0 aliphatic heterocycles. The molecule has 0 heterocycles. The first-order valence-electron chi connectivity index (χ1n) is 8.54. The molecule has 0 spiro atoms. The third-order valence-corrected chi connectivity index (χ3v) is 6.17. The minimum Gasteiger partial charge on any atom is -0.494 e. The van der Waals surface area contributed by atoms with Crippen molar-refractivity contribution in [2.24, 2.45) is 0 Å². The fraction of sp³-hybridized carbons (Fsp3) is 0.316. The molecule has 0 unspecified atom stereocenters. The van der Waals surface area contributed by atoms with E-state index in [4.69, 9.17) is 4.74 Å². The van der Waals surface area contributed by atoms with Gasteiger partial charge in [-0.25, -0.2) is 16.8 Å². The van der Waals surface area contributed by atoms with Crippen LogP contribution in [-0.2, 0) is 31.0 Å². The SMILES string of the molecule is CS(=O)(=O)c1ccc(CNC(=O)CCCOc2ccc(S(C)(=O)=O)cc2)cc1. The summed E-state index contributed by atoms with van der Waals surface area (Å²) in [5.41, 5.74) is 0.808. The number of carbonyl (C=O) groups excluding carboxylic acids is 1. The number of rotatable bonds is 9. The summed E-state index contributed by atoms with van der Waals surface area (Å²) in [7, 11) is -6.46. The largest absolute Gasteiger partial charge is 0.494 e. The van der Waals surface area contributed by atoms with Crippen molar-refractivity contribution in [2.45, 2.75) is 29.2 Å². The molecule has 7 nitrogen and oxygen atoms in total. The first-order chi connectivity index (χ1) is 13.1. The van der Waals surface area contributed by atoms with Gasteiger partial charge in [0.25, 0.3) is 0 Å². The number of sulfone groups is 2. The minimum absolute atomic E-state index is 0.136. The van der Waals surface area contributed by atoms with Crippen LogP contribution in [0.15, 0.2) is 58.3 Å². The quantitative estimate of drug-likeness (QED) is 0.616. The maximum atomic E-state index is 11.9. The van der Waals surface area contributed by atoms with Crippen LogP contribution in [-0.4, -0.2) is 41.9 Å². The fourth-order valence-electron chi connectivity index (χ4n) is 2.35. The van der Waals surface area contributed by atoms with Crippen molar-refractivity contribution >= 4 is 25.6 Å². The van der Waals surface area contributed by atoms with E-state index in [-0.39, 0.29) is 22.1 Å². The predicted octanol–water partition coefficient (Wildman–Crippen LogP) is 1.97. The molecular formula is C19H23NO6S2. The predicted molar refractivity (Wildman–Crippen MR) is 106 cm³/mol. The Hall–Kier alpha value is -2.39. The van der Waals surface area contributed by atoms with Crippen molar-refractivity contribution in [1.82, 2.24) is 5.32 Å². The highest BCUT2D eigenvalue weighted by Gasteiger charge is 2.08. The molecule has 28 heavy (non-hydrogen) atoms. The highest BCUT2D eigenvalue weighted by molar-refractivity contribution is 7.91. The van der Waals surface area contributed by atoms with E-state index in [1.807, 2.05) is 0 Å². The van der Waals surface area contributed by atoms with Crippen molar-refractivity contribution in [3.63, 3.8) is 0 Å². The number of nitrogens with one attached hydrogen (secondary N) is 1. The number of hydrogen-bond acceptors (Lipinski definition) is 6. The molecular weight excluding hydrogens is 402 g/mol. The number of amides is 1. The monoisotopic (exact) mass is 425 g/mol. The Bertz CT molecular complexity index is 1010. The molecule has 0 radical (unpaired) electrons. The first kappa shape index (κ1) is 21.9. The third kappa shape index (κ3) is 6.97. The van der Waals surface area contributed by atoms with Crippen LogP contribution in [0.25, 0.3) is 0 Å². The molecule has 2 aromatic carbocycles. The van der Waals surface area contributed by atoms with Gasteiger partial charge in [-0.3, -0.25) is 4.79 Å². The second kappa shape index (κ2) is 9.20. The van der Waals surface area contributed by atoms with Gasteiger partial charge in [-0.05, 0) is 48.4 Å². The van der Waals surface area contributed by atoms with Crippen molar-refractivity contribution < 1.29 is 26.4 Å². The van der Waals surface area contributed by atoms with Crippen molar-refractivity contribution in [1.29, 1.82) is 0 Å². The lowest BCUT2D eigenvalue weighted by Gasteiger charge is -2.08. The summed E-state index contributed by atoms with van der Waals surface area (Å²) in [6.45, 7) is 0.644. The lowest BCUT2D eigenvalue weighted by atomic mass is 10.2. The zero-order valence-corrected chi connectivity index (χ0v) is 17.3. The molecule has 2 aromatic rings. The lowest BCUT2D eigenvalue weighted by molar-refractivity contribution is -0.121. The smallest absolute Gasteiger partial charge is 0.220 e. The van der Waals surface area contributed by atoms with Crippen molar-refractivity contribution in [3.8, 4) is 5.75 Å². The Morgan fingerprint density at radius 3 is 1.86 bits per heavy atom. The second-order valence-electron chi connectivity index (χ2n) is 6.39. The highest BCUT2D eigenvalue weighted by atomic mass is 32.2. The van der Waals surface area contributed by atoms with Crippen molar-refractivity contribution in [3.05, 3.63) is 54.1 Å². The summed E-state index contributed by atoms with van der Waals surface area (Å²) < 4.78 is 51.1.